The van der Waals surface area contributed by atoms with Crippen LogP contribution in [0.3, 0.4) is 0 Å². The first-order valence-corrected chi connectivity index (χ1v) is 10.5. The normalized spacial score (nSPS) is 15.0. The number of methoxy groups -OCH3 is 1. The van der Waals surface area contributed by atoms with Gasteiger partial charge in [0.2, 0.25) is 5.75 Å². The molecule has 0 atom stereocenters. The van der Waals surface area contributed by atoms with Crippen LogP contribution < -0.4 is 14.2 Å². The molecular weight excluding hydrogens is 400 g/mol. The van der Waals surface area contributed by atoms with Gasteiger partial charge in [0, 0.05) is 11.1 Å². The molecule has 4 rings (SSSR count). The van der Waals surface area contributed by atoms with Crippen LogP contribution >= 0.6 is 0 Å². The maximum atomic E-state index is 12.2. The van der Waals surface area contributed by atoms with E-state index in [1.165, 1.54) is 6.42 Å². The van der Waals surface area contributed by atoms with Gasteiger partial charge in [0.1, 0.15) is 6.61 Å². The minimum atomic E-state index is -0.420. The van der Waals surface area contributed by atoms with Gasteiger partial charge in [-0.15, -0.1) is 0 Å². The molecule has 2 aromatic carbocycles. The van der Waals surface area contributed by atoms with Crippen molar-refractivity contribution in [3.63, 3.8) is 0 Å². The smallest absolute Gasteiger partial charge is 0.344 e. The van der Waals surface area contributed by atoms with Gasteiger partial charge in [0.25, 0.3) is 0 Å². The minimum Gasteiger partial charge on any atom is -0.493 e. The topological polar surface area (TPSA) is 80.3 Å². The number of hydrogen-bond acceptors (Lipinski definition) is 7. The number of ether oxygens (including phenoxy) is 5. The van der Waals surface area contributed by atoms with Crippen LogP contribution in [0.1, 0.15) is 42.1 Å². The van der Waals surface area contributed by atoms with E-state index in [4.69, 9.17) is 23.7 Å². The van der Waals surface area contributed by atoms with Crippen molar-refractivity contribution >= 4 is 11.9 Å². The van der Waals surface area contributed by atoms with Crippen LogP contribution in [0, 0.1) is 5.92 Å². The van der Waals surface area contributed by atoms with E-state index >= 15 is 0 Å². The number of fused-ring (bicyclic) bond motifs is 1. The summed E-state index contributed by atoms with van der Waals surface area (Å²) in [5.41, 5.74) is 2.91. The van der Waals surface area contributed by atoms with Crippen molar-refractivity contribution in [1.29, 1.82) is 0 Å². The van der Waals surface area contributed by atoms with E-state index in [1.807, 2.05) is 25.1 Å². The highest BCUT2D eigenvalue weighted by Gasteiger charge is 2.25. The molecule has 0 saturated heterocycles. The van der Waals surface area contributed by atoms with Crippen molar-refractivity contribution < 1.29 is 33.3 Å². The summed E-state index contributed by atoms with van der Waals surface area (Å²) < 4.78 is 27.6. The lowest BCUT2D eigenvalue weighted by atomic mass is 9.86. The van der Waals surface area contributed by atoms with Gasteiger partial charge in [0.15, 0.2) is 18.1 Å². The first-order chi connectivity index (χ1) is 15.1. The van der Waals surface area contributed by atoms with Crippen LogP contribution in [-0.2, 0) is 20.9 Å². The molecule has 31 heavy (non-hydrogen) atoms. The third kappa shape index (κ3) is 4.45. The Balaban J connectivity index is 1.62. The fourth-order valence-corrected chi connectivity index (χ4v) is 3.70. The summed E-state index contributed by atoms with van der Waals surface area (Å²) in [4.78, 5) is 24.0. The lowest BCUT2D eigenvalue weighted by Gasteiger charge is -2.24. The maximum Gasteiger partial charge on any atom is 0.344 e. The first kappa shape index (κ1) is 21.0. The summed E-state index contributed by atoms with van der Waals surface area (Å²) in [6.07, 6.45) is 3.40. The molecule has 0 bridgehead atoms. The maximum absolute atomic E-state index is 12.2. The van der Waals surface area contributed by atoms with Crippen LogP contribution in [0.2, 0.25) is 0 Å². The number of benzene rings is 2. The number of esters is 2. The van der Waals surface area contributed by atoms with Gasteiger partial charge in [-0.2, -0.15) is 0 Å². The zero-order valence-corrected chi connectivity index (χ0v) is 17.8. The second-order valence-corrected chi connectivity index (χ2v) is 7.62. The third-order valence-electron chi connectivity index (χ3n) is 5.62. The summed E-state index contributed by atoms with van der Waals surface area (Å²) in [6.45, 7) is 2.69. The molecule has 0 radical (unpaired) electrons. The molecule has 0 unspecified atom stereocenters. The van der Waals surface area contributed by atoms with E-state index in [-0.39, 0.29) is 19.2 Å². The quantitative estimate of drug-likeness (QED) is 0.557. The summed E-state index contributed by atoms with van der Waals surface area (Å²) in [5.74, 6) is 1.04. The molecule has 1 fully saturated rings. The van der Waals surface area contributed by atoms with Crippen molar-refractivity contribution in [1.82, 2.24) is 0 Å². The number of rotatable bonds is 9. The molecular formula is C24H26O7. The molecule has 0 spiro atoms. The summed E-state index contributed by atoms with van der Waals surface area (Å²) in [7, 11) is 1.55. The molecule has 0 aromatic heterocycles. The molecule has 164 valence electrons. The van der Waals surface area contributed by atoms with E-state index in [1.54, 1.807) is 19.2 Å². The fourth-order valence-electron chi connectivity index (χ4n) is 3.70. The van der Waals surface area contributed by atoms with Crippen LogP contribution in [0.4, 0.5) is 0 Å². The first-order valence-electron chi connectivity index (χ1n) is 10.5. The standard InChI is InChI=1S/C24H26O7/c1-3-28-23-20(27-2)10-9-18(16-7-8-19-17(11-16)13-31-24(19)26)22(23)30-14-21(25)29-12-15-5-4-6-15/h7-11,15H,3-6,12-14H2,1-2H3. The Morgan fingerprint density at radius 2 is 1.90 bits per heavy atom. The van der Waals surface area contributed by atoms with E-state index < -0.39 is 5.97 Å². The highest BCUT2D eigenvalue weighted by molar-refractivity contribution is 5.94. The van der Waals surface area contributed by atoms with Gasteiger partial charge in [-0.05, 0) is 55.5 Å². The van der Waals surface area contributed by atoms with Gasteiger partial charge in [-0.1, -0.05) is 12.5 Å². The molecule has 1 aliphatic heterocycles. The molecule has 7 heteroatoms. The van der Waals surface area contributed by atoms with Crippen LogP contribution in [-0.4, -0.2) is 38.9 Å². The molecule has 2 aromatic rings. The average molecular weight is 426 g/mol. The molecule has 1 saturated carbocycles. The molecule has 0 amide bonds. The number of carbonyl (C=O) groups is 2. The van der Waals surface area contributed by atoms with E-state index in [0.29, 0.717) is 41.9 Å². The van der Waals surface area contributed by atoms with Crippen molar-refractivity contribution in [3.8, 4) is 28.4 Å². The van der Waals surface area contributed by atoms with Crippen molar-refractivity contribution in [2.24, 2.45) is 5.92 Å². The molecule has 2 aliphatic rings. The fraction of sp³-hybridized carbons (Fsp3) is 0.417. The van der Waals surface area contributed by atoms with E-state index in [9.17, 15) is 9.59 Å². The molecule has 1 heterocycles. The van der Waals surface area contributed by atoms with Crippen LogP contribution in [0.15, 0.2) is 30.3 Å². The third-order valence-corrected chi connectivity index (χ3v) is 5.62. The van der Waals surface area contributed by atoms with E-state index in [2.05, 4.69) is 0 Å². The number of carbonyl (C=O) groups excluding carboxylic acids is 2. The second kappa shape index (κ2) is 9.29. The van der Waals surface area contributed by atoms with Gasteiger partial charge in [0.05, 0.1) is 25.9 Å². The van der Waals surface area contributed by atoms with Gasteiger partial charge < -0.3 is 23.7 Å². The van der Waals surface area contributed by atoms with Crippen LogP contribution in [0.25, 0.3) is 11.1 Å². The van der Waals surface area contributed by atoms with Crippen molar-refractivity contribution in [2.45, 2.75) is 32.8 Å². The molecule has 1 aliphatic carbocycles. The Kier molecular flexibility index (Phi) is 6.30. The monoisotopic (exact) mass is 426 g/mol. The highest BCUT2D eigenvalue weighted by atomic mass is 16.6. The lowest BCUT2D eigenvalue weighted by molar-refractivity contribution is -0.148. The zero-order valence-electron chi connectivity index (χ0n) is 17.8. The Morgan fingerprint density at radius 1 is 1.10 bits per heavy atom. The Morgan fingerprint density at radius 3 is 2.61 bits per heavy atom. The molecule has 0 N–H and O–H groups in total. The summed E-state index contributed by atoms with van der Waals surface area (Å²) in [5, 5.41) is 0. The largest absolute Gasteiger partial charge is 0.493 e. The van der Waals surface area contributed by atoms with Gasteiger partial charge >= 0.3 is 11.9 Å². The van der Waals surface area contributed by atoms with E-state index in [0.717, 1.165) is 29.5 Å². The average Bonchev–Trinajstić information content (AvgIpc) is 3.11. The summed E-state index contributed by atoms with van der Waals surface area (Å²) >= 11 is 0. The van der Waals surface area contributed by atoms with Crippen LogP contribution in [0.5, 0.6) is 17.2 Å². The Labute approximate surface area is 181 Å². The number of cyclic esters (lactones) is 1. The predicted octanol–water partition coefficient (Wildman–Crippen LogP) is 4.15. The van der Waals surface area contributed by atoms with Gasteiger partial charge in [-0.25, -0.2) is 9.59 Å². The lowest BCUT2D eigenvalue weighted by Crippen LogP contribution is -2.23. The predicted molar refractivity (Wildman–Crippen MR) is 113 cm³/mol. The Hall–Kier alpha value is -3.22. The minimum absolute atomic E-state index is 0.236. The highest BCUT2D eigenvalue weighted by Crippen LogP contribution is 2.45. The van der Waals surface area contributed by atoms with Gasteiger partial charge in [-0.3, -0.25) is 0 Å². The zero-order chi connectivity index (χ0) is 21.8. The molecule has 7 nitrogen and oxygen atoms in total. The second-order valence-electron chi connectivity index (χ2n) is 7.62. The Bertz CT molecular complexity index is 978. The summed E-state index contributed by atoms with van der Waals surface area (Å²) in [6, 6.07) is 9.08. The van der Waals surface area contributed by atoms with Crippen molar-refractivity contribution in [2.75, 3.05) is 26.9 Å². The SMILES string of the molecule is CCOc1c(OC)ccc(-c2ccc3c(c2)COC3=O)c1OCC(=O)OCC1CCC1. The van der Waals surface area contributed by atoms with Crippen molar-refractivity contribution in [3.05, 3.63) is 41.5 Å². The number of hydrogen-bond donors (Lipinski definition) is 0.